The summed E-state index contributed by atoms with van der Waals surface area (Å²) in [5.74, 6) is 0.941. The fourth-order valence-electron chi connectivity index (χ4n) is 4.00. The van der Waals surface area contributed by atoms with E-state index in [1.54, 1.807) is 11.0 Å². The summed E-state index contributed by atoms with van der Waals surface area (Å²) < 4.78 is 12.5. The molecule has 2 amide bonds. The molecule has 0 bridgehead atoms. The summed E-state index contributed by atoms with van der Waals surface area (Å²) in [4.78, 5) is 28.4. The number of carbonyl (C=O) groups excluding carboxylic acids is 2. The maximum atomic E-state index is 13.1. The second-order valence-corrected chi connectivity index (χ2v) is 9.52. The fraction of sp³-hybridized carbons (Fsp3) is 0.435. The van der Waals surface area contributed by atoms with Crippen LogP contribution < -0.4 is 5.32 Å². The normalized spacial score (nSPS) is 19.2. The van der Waals surface area contributed by atoms with Gasteiger partial charge in [0.05, 0.1) is 18.0 Å². The van der Waals surface area contributed by atoms with Crippen LogP contribution in [0.2, 0.25) is 0 Å². The number of hydrogen-bond donors (Lipinski definition) is 1. The van der Waals surface area contributed by atoms with Crippen molar-refractivity contribution in [2.75, 3.05) is 19.7 Å². The van der Waals surface area contributed by atoms with Gasteiger partial charge in [-0.25, -0.2) is 0 Å². The maximum absolute atomic E-state index is 13.1. The number of fused-ring (bicyclic) bond motifs is 1. The first-order chi connectivity index (χ1) is 15.0. The van der Waals surface area contributed by atoms with Crippen LogP contribution in [0.25, 0.3) is 10.1 Å². The molecule has 1 aliphatic heterocycles. The third kappa shape index (κ3) is 3.97. The zero-order valence-electron chi connectivity index (χ0n) is 17.6. The molecule has 2 aromatic heterocycles. The molecule has 3 heterocycles. The van der Waals surface area contributed by atoms with Crippen molar-refractivity contribution in [3.63, 3.8) is 0 Å². The Morgan fingerprint density at radius 1 is 1.26 bits per heavy atom. The molecule has 1 N–H and O–H groups in total. The molecule has 2 fully saturated rings. The Morgan fingerprint density at radius 3 is 2.84 bits per heavy atom. The molecule has 8 heteroatoms. The van der Waals surface area contributed by atoms with Gasteiger partial charge in [-0.05, 0) is 38.1 Å². The number of amides is 2. The Balaban J connectivity index is 1.44. The van der Waals surface area contributed by atoms with Crippen molar-refractivity contribution in [1.29, 1.82) is 0 Å². The lowest BCUT2D eigenvalue weighted by molar-refractivity contribution is -0.0225. The molecule has 1 atom stereocenters. The number of rotatable bonds is 5. The molecule has 1 aromatic carbocycles. The van der Waals surface area contributed by atoms with Crippen LogP contribution >= 0.6 is 11.3 Å². The molecule has 1 aliphatic carbocycles. The minimum atomic E-state index is -0.378. The minimum Gasteiger partial charge on any atom is -0.370 e. The van der Waals surface area contributed by atoms with Crippen molar-refractivity contribution in [2.45, 2.75) is 44.8 Å². The van der Waals surface area contributed by atoms with Crippen LogP contribution in [-0.2, 0) is 4.74 Å². The van der Waals surface area contributed by atoms with E-state index in [2.05, 4.69) is 10.5 Å². The molecule has 162 valence electrons. The standard InChI is InChI=1S/C23H25N3O4S/c1-13(2)24-22(27)21-20(15-5-3-4-6-19(15)31-21)18-12-26(9-10-29-18)23(28)16-11-17(30-25-16)14-7-8-14/h3-6,11,13-14,18H,7-10,12H2,1-2H3,(H,24,27). The second kappa shape index (κ2) is 8.09. The molecule has 31 heavy (non-hydrogen) atoms. The van der Waals surface area contributed by atoms with Crippen LogP contribution in [0, 0.1) is 0 Å². The van der Waals surface area contributed by atoms with E-state index >= 15 is 0 Å². The molecule has 0 radical (unpaired) electrons. The van der Waals surface area contributed by atoms with Crippen LogP contribution in [-0.4, -0.2) is 47.6 Å². The minimum absolute atomic E-state index is 0.0312. The highest BCUT2D eigenvalue weighted by atomic mass is 32.1. The number of benzene rings is 1. The molecule has 5 rings (SSSR count). The smallest absolute Gasteiger partial charge is 0.276 e. The summed E-state index contributed by atoms with van der Waals surface area (Å²) in [6.45, 7) is 5.13. The fourth-order valence-corrected chi connectivity index (χ4v) is 5.16. The number of nitrogens with one attached hydrogen (secondary N) is 1. The molecule has 2 aliphatic rings. The van der Waals surface area contributed by atoms with Gasteiger partial charge in [0.15, 0.2) is 5.69 Å². The van der Waals surface area contributed by atoms with Gasteiger partial charge in [-0.1, -0.05) is 23.4 Å². The summed E-state index contributed by atoms with van der Waals surface area (Å²) >= 11 is 1.46. The molecule has 0 spiro atoms. The molecule has 1 saturated carbocycles. The van der Waals surface area contributed by atoms with Gasteiger partial charge < -0.3 is 19.5 Å². The topological polar surface area (TPSA) is 84.7 Å². The van der Waals surface area contributed by atoms with Crippen LogP contribution in [0.4, 0.5) is 0 Å². The van der Waals surface area contributed by atoms with Gasteiger partial charge in [-0.15, -0.1) is 11.3 Å². The monoisotopic (exact) mass is 439 g/mol. The van der Waals surface area contributed by atoms with Crippen molar-refractivity contribution in [3.05, 3.63) is 52.2 Å². The zero-order chi connectivity index (χ0) is 21.5. The lowest BCUT2D eigenvalue weighted by atomic mass is 10.0. The van der Waals surface area contributed by atoms with Gasteiger partial charge in [-0.3, -0.25) is 9.59 Å². The highest BCUT2D eigenvalue weighted by Crippen LogP contribution is 2.41. The maximum Gasteiger partial charge on any atom is 0.276 e. The van der Waals surface area contributed by atoms with Crippen LogP contribution in [0.15, 0.2) is 34.9 Å². The molecular weight excluding hydrogens is 414 g/mol. The Labute approximate surface area is 184 Å². The van der Waals surface area contributed by atoms with Crippen LogP contribution in [0.1, 0.15) is 70.2 Å². The quantitative estimate of drug-likeness (QED) is 0.646. The summed E-state index contributed by atoms with van der Waals surface area (Å²) in [6, 6.07) is 9.75. The summed E-state index contributed by atoms with van der Waals surface area (Å²) in [6.07, 6.45) is 1.81. The van der Waals surface area contributed by atoms with E-state index in [0.717, 1.165) is 34.3 Å². The third-order valence-corrected chi connectivity index (χ3v) is 6.85. The predicted molar refractivity (Wildman–Crippen MR) is 118 cm³/mol. The number of nitrogens with zero attached hydrogens (tertiary/aromatic N) is 2. The van der Waals surface area contributed by atoms with Crippen molar-refractivity contribution >= 4 is 33.2 Å². The lowest BCUT2D eigenvalue weighted by Crippen LogP contribution is -2.42. The molecular formula is C23H25N3O4S. The molecule has 1 saturated heterocycles. The van der Waals surface area contributed by atoms with E-state index in [1.807, 2.05) is 38.1 Å². The van der Waals surface area contributed by atoms with Crippen molar-refractivity contribution in [3.8, 4) is 0 Å². The first-order valence-electron chi connectivity index (χ1n) is 10.7. The number of aromatic nitrogens is 1. The number of carbonyl (C=O) groups is 2. The molecule has 7 nitrogen and oxygen atoms in total. The SMILES string of the molecule is CC(C)NC(=O)c1sc2ccccc2c1C1CN(C(=O)c2cc(C3CC3)on2)CCO1. The Morgan fingerprint density at radius 2 is 2.06 bits per heavy atom. The summed E-state index contributed by atoms with van der Waals surface area (Å²) in [7, 11) is 0. The van der Waals surface area contributed by atoms with E-state index in [0.29, 0.717) is 36.2 Å². The average molecular weight is 440 g/mol. The Kier molecular flexibility index (Phi) is 5.27. The molecule has 1 unspecified atom stereocenters. The van der Waals surface area contributed by atoms with Gasteiger partial charge in [0, 0.05) is 34.8 Å². The summed E-state index contributed by atoms with van der Waals surface area (Å²) in [5.41, 5.74) is 1.20. The summed E-state index contributed by atoms with van der Waals surface area (Å²) in [5, 5.41) is 7.99. The first-order valence-corrected chi connectivity index (χ1v) is 11.5. The molecule has 3 aromatic rings. The van der Waals surface area contributed by atoms with E-state index < -0.39 is 0 Å². The highest BCUT2D eigenvalue weighted by molar-refractivity contribution is 7.21. The first kappa shape index (κ1) is 20.2. The van der Waals surface area contributed by atoms with Gasteiger partial charge in [0.1, 0.15) is 11.9 Å². The number of morpholine rings is 1. The Bertz CT molecular complexity index is 1130. The lowest BCUT2D eigenvalue weighted by Gasteiger charge is -2.33. The van der Waals surface area contributed by atoms with E-state index in [4.69, 9.17) is 9.26 Å². The Hall–Kier alpha value is -2.71. The highest BCUT2D eigenvalue weighted by Gasteiger charge is 2.34. The van der Waals surface area contributed by atoms with Crippen LogP contribution in [0.3, 0.4) is 0 Å². The van der Waals surface area contributed by atoms with Gasteiger partial charge in [0.2, 0.25) is 0 Å². The van der Waals surface area contributed by atoms with Gasteiger partial charge in [-0.2, -0.15) is 0 Å². The van der Waals surface area contributed by atoms with E-state index in [-0.39, 0.29) is 24.0 Å². The average Bonchev–Trinajstić information content (AvgIpc) is 3.36. The van der Waals surface area contributed by atoms with Crippen molar-refractivity contribution in [2.24, 2.45) is 0 Å². The third-order valence-electron chi connectivity index (χ3n) is 5.66. The van der Waals surface area contributed by atoms with Gasteiger partial charge in [0.25, 0.3) is 11.8 Å². The second-order valence-electron chi connectivity index (χ2n) is 8.47. The largest absolute Gasteiger partial charge is 0.370 e. The number of ether oxygens (including phenoxy) is 1. The van der Waals surface area contributed by atoms with E-state index in [9.17, 15) is 9.59 Å². The number of hydrogen-bond acceptors (Lipinski definition) is 6. The number of thiophene rings is 1. The van der Waals surface area contributed by atoms with Crippen molar-refractivity contribution < 1.29 is 18.8 Å². The zero-order valence-corrected chi connectivity index (χ0v) is 18.4. The van der Waals surface area contributed by atoms with Crippen molar-refractivity contribution in [1.82, 2.24) is 15.4 Å². The van der Waals surface area contributed by atoms with Crippen LogP contribution in [0.5, 0.6) is 0 Å². The van der Waals surface area contributed by atoms with Gasteiger partial charge >= 0.3 is 0 Å². The predicted octanol–water partition coefficient (Wildman–Crippen LogP) is 4.12. The van der Waals surface area contributed by atoms with E-state index in [1.165, 1.54) is 11.3 Å².